The molecule has 2 nitrogen and oxygen atoms in total. The molecule has 0 atom stereocenters. The summed E-state index contributed by atoms with van der Waals surface area (Å²) in [4.78, 5) is 0. The lowest BCUT2D eigenvalue weighted by atomic mass is 10.0. The van der Waals surface area contributed by atoms with Gasteiger partial charge in [-0.15, -0.1) is 10.2 Å². The van der Waals surface area contributed by atoms with Gasteiger partial charge in [-0.2, -0.15) is 0 Å². The third-order valence-electron chi connectivity index (χ3n) is 3.27. The lowest BCUT2D eigenvalue weighted by Gasteiger charge is -2.07. The maximum atomic E-state index is 4.36. The first kappa shape index (κ1) is 10.2. The summed E-state index contributed by atoms with van der Waals surface area (Å²) in [5, 5.41) is 11.1. The highest BCUT2D eigenvalue weighted by Gasteiger charge is 2.07. The standard InChI is InChI=1S/C15H14N2/c1-9-4-7-12-13(8-9)16-17-15-11(3)6-5-10(2)14(12)15/h4-8H,1-3H3. The zero-order chi connectivity index (χ0) is 12.0. The normalized spacial score (nSPS) is 11.2. The van der Waals surface area contributed by atoms with Crippen LogP contribution in [-0.2, 0) is 0 Å². The molecule has 2 aromatic carbocycles. The largest absolute Gasteiger partial charge is 0.150 e. The molecule has 0 unspecified atom stereocenters. The summed E-state index contributed by atoms with van der Waals surface area (Å²) >= 11 is 0. The molecule has 3 rings (SSSR count). The average molecular weight is 222 g/mol. The SMILES string of the molecule is Cc1ccc2c(c1)nnc1c(C)ccc(C)c12. The van der Waals surface area contributed by atoms with Gasteiger partial charge < -0.3 is 0 Å². The molecule has 0 aliphatic heterocycles. The Morgan fingerprint density at radius 1 is 0.824 bits per heavy atom. The van der Waals surface area contributed by atoms with Crippen molar-refractivity contribution in [1.82, 2.24) is 10.2 Å². The van der Waals surface area contributed by atoms with Crippen molar-refractivity contribution in [2.24, 2.45) is 0 Å². The third-order valence-corrected chi connectivity index (χ3v) is 3.27. The predicted octanol–water partition coefficient (Wildman–Crippen LogP) is 3.71. The van der Waals surface area contributed by atoms with Crippen molar-refractivity contribution in [2.45, 2.75) is 20.8 Å². The van der Waals surface area contributed by atoms with Gasteiger partial charge >= 0.3 is 0 Å². The lowest BCUT2D eigenvalue weighted by molar-refractivity contribution is 1.11. The molecule has 0 N–H and O–H groups in total. The van der Waals surface area contributed by atoms with Crippen molar-refractivity contribution in [3.63, 3.8) is 0 Å². The van der Waals surface area contributed by atoms with Gasteiger partial charge in [0.25, 0.3) is 0 Å². The van der Waals surface area contributed by atoms with Gasteiger partial charge in [-0.05, 0) is 43.5 Å². The Labute approximate surface area is 100 Å². The van der Waals surface area contributed by atoms with Crippen LogP contribution in [0.25, 0.3) is 21.8 Å². The van der Waals surface area contributed by atoms with Crippen molar-refractivity contribution < 1.29 is 0 Å². The summed E-state index contributed by atoms with van der Waals surface area (Å²) in [7, 11) is 0. The van der Waals surface area contributed by atoms with Gasteiger partial charge in [-0.25, -0.2) is 0 Å². The van der Waals surface area contributed by atoms with Crippen LogP contribution in [0.5, 0.6) is 0 Å². The highest BCUT2D eigenvalue weighted by atomic mass is 15.1. The van der Waals surface area contributed by atoms with Crippen molar-refractivity contribution in [2.75, 3.05) is 0 Å². The van der Waals surface area contributed by atoms with E-state index in [0.29, 0.717) is 0 Å². The summed E-state index contributed by atoms with van der Waals surface area (Å²) in [6, 6.07) is 10.6. The van der Waals surface area contributed by atoms with Crippen molar-refractivity contribution >= 4 is 21.8 Å². The molecule has 0 saturated carbocycles. The molecule has 1 heterocycles. The van der Waals surface area contributed by atoms with Gasteiger partial charge in [0.1, 0.15) is 0 Å². The number of nitrogens with zero attached hydrogens (tertiary/aromatic N) is 2. The maximum absolute atomic E-state index is 4.36. The van der Waals surface area contributed by atoms with E-state index in [9.17, 15) is 0 Å². The Morgan fingerprint density at radius 2 is 1.59 bits per heavy atom. The van der Waals surface area contributed by atoms with Gasteiger partial charge in [0.15, 0.2) is 0 Å². The van der Waals surface area contributed by atoms with E-state index in [0.717, 1.165) is 11.0 Å². The molecule has 3 aromatic rings. The van der Waals surface area contributed by atoms with E-state index in [1.165, 1.54) is 27.5 Å². The molecule has 0 fully saturated rings. The Kier molecular flexibility index (Phi) is 2.11. The quantitative estimate of drug-likeness (QED) is 0.542. The minimum atomic E-state index is 0.978. The Hall–Kier alpha value is -1.96. The molecule has 0 aliphatic rings. The molecule has 0 saturated heterocycles. The number of rotatable bonds is 0. The van der Waals surface area contributed by atoms with Crippen LogP contribution in [0.3, 0.4) is 0 Å². The molecule has 17 heavy (non-hydrogen) atoms. The molecular weight excluding hydrogens is 208 g/mol. The summed E-state index contributed by atoms with van der Waals surface area (Å²) < 4.78 is 0. The van der Waals surface area contributed by atoms with Gasteiger partial charge in [0.05, 0.1) is 11.0 Å². The molecule has 0 aliphatic carbocycles. The number of hydrogen-bond acceptors (Lipinski definition) is 2. The van der Waals surface area contributed by atoms with E-state index < -0.39 is 0 Å². The van der Waals surface area contributed by atoms with Crippen LogP contribution in [0.4, 0.5) is 0 Å². The van der Waals surface area contributed by atoms with E-state index in [2.05, 4.69) is 61.3 Å². The van der Waals surface area contributed by atoms with Gasteiger partial charge in [0, 0.05) is 10.8 Å². The molecule has 84 valence electrons. The van der Waals surface area contributed by atoms with E-state index in [1.54, 1.807) is 0 Å². The Balaban J connectivity index is 2.59. The van der Waals surface area contributed by atoms with Crippen LogP contribution in [0, 0.1) is 20.8 Å². The first-order valence-electron chi connectivity index (χ1n) is 5.80. The fourth-order valence-electron chi connectivity index (χ4n) is 2.30. The zero-order valence-electron chi connectivity index (χ0n) is 10.3. The summed E-state index contributed by atoms with van der Waals surface area (Å²) in [5.41, 5.74) is 5.65. The molecule has 1 aromatic heterocycles. The second-order valence-electron chi connectivity index (χ2n) is 4.64. The predicted molar refractivity (Wildman–Crippen MR) is 71.3 cm³/mol. The number of aryl methyl sites for hydroxylation is 3. The Bertz CT molecular complexity index is 730. The highest BCUT2D eigenvalue weighted by molar-refractivity contribution is 6.06. The number of hydrogen-bond donors (Lipinski definition) is 0. The second kappa shape index (κ2) is 3.52. The van der Waals surface area contributed by atoms with E-state index in [4.69, 9.17) is 0 Å². The van der Waals surface area contributed by atoms with Gasteiger partial charge in [-0.1, -0.05) is 24.3 Å². The third kappa shape index (κ3) is 1.48. The first-order valence-corrected chi connectivity index (χ1v) is 5.80. The summed E-state index contributed by atoms with van der Waals surface area (Å²) in [5.74, 6) is 0. The fraction of sp³-hybridized carbons (Fsp3) is 0.200. The topological polar surface area (TPSA) is 25.8 Å². The average Bonchev–Trinajstić information content (AvgIpc) is 2.32. The van der Waals surface area contributed by atoms with Crippen LogP contribution in [0.15, 0.2) is 30.3 Å². The van der Waals surface area contributed by atoms with Crippen LogP contribution < -0.4 is 0 Å². The smallest absolute Gasteiger partial charge is 0.0967 e. The number of benzene rings is 2. The minimum absolute atomic E-state index is 0.978. The number of aromatic nitrogens is 2. The van der Waals surface area contributed by atoms with Crippen molar-refractivity contribution in [3.8, 4) is 0 Å². The molecule has 0 radical (unpaired) electrons. The highest BCUT2D eigenvalue weighted by Crippen LogP contribution is 2.27. The number of fused-ring (bicyclic) bond motifs is 3. The molecule has 2 heteroatoms. The van der Waals surface area contributed by atoms with Crippen LogP contribution in [-0.4, -0.2) is 10.2 Å². The molecule has 0 bridgehead atoms. The molecular formula is C15H14N2. The van der Waals surface area contributed by atoms with E-state index in [1.807, 2.05) is 0 Å². The fourth-order valence-corrected chi connectivity index (χ4v) is 2.30. The van der Waals surface area contributed by atoms with Crippen LogP contribution >= 0.6 is 0 Å². The maximum Gasteiger partial charge on any atom is 0.0967 e. The first-order chi connectivity index (χ1) is 8.16. The van der Waals surface area contributed by atoms with Crippen molar-refractivity contribution in [3.05, 3.63) is 47.0 Å². The van der Waals surface area contributed by atoms with Gasteiger partial charge in [0.2, 0.25) is 0 Å². The molecule has 0 amide bonds. The summed E-state index contributed by atoms with van der Waals surface area (Å²) in [6.45, 7) is 6.29. The Morgan fingerprint density at radius 3 is 2.41 bits per heavy atom. The monoisotopic (exact) mass is 222 g/mol. The van der Waals surface area contributed by atoms with E-state index >= 15 is 0 Å². The zero-order valence-corrected chi connectivity index (χ0v) is 10.3. The summed E-state index contributed by atoms with van der Waals surface area (Å²) in [6.07, 6.45) is 0. The van der Waals surface area contributed by atoms with Crippen molar-refractivity contribution in [1.29, 1.82) is 0 Å². The van der Waals surface area contributed by atoms with E-state index in [-0.39, 0.29) is 0 Å². The second-order valence-corrected chi connectivity index (χ2v) is 4.64. The van der Waals surface area contributed by atoms with Crippen LogP contribution in [0.1, 0.15) is 16.7 Å². The van der Waals surface area contributed by atoms with Gasteiger partial charge in [-0.3, -0.25) is 0 Å². The molecule has 0 spiro atoms. The van der Waals surface area contributed by atoms with Crippen LogP contribution in [0.2, 0.25) is 0 Å². The lowest BCUT2D eigenvalue weighted by Crippen LogP contribution is -1.92. The minimum Gasteiger partial charge on any atom is -0.150 e.